The van der Waals surface area contributed by atoms with Crippen molar-refractivity contribution in [3.05, 3.63) is 60.0 Å². The van der Waals surface area contributed by atoms with E-state index in [1.165, 1.54) is 22.3 Å². The minimum absolute atomic E-state index is 0.988. The topological polar surface area (TPSA) is 17.3 Å². The van der Waals surface area contributed by atoms with Crippen LogP contribution in [0.4, 0.5) is 0 Å². The monoisotopic (exact) mass is 222 g/mol. The van der Waals surface area contributed by atoms with Gasteiger partial charge in [0.25, 0.3) is 0 Å². The summed E-state index contributed by atoms with van der Waals surface area (Å²) in [7, 11) is 0. The molecule has 3 aromatic rings. The van der Waals surface area contributed by atoms with Crippen LogP contribution >= 0.6 is 0 Å². The Morgan fingerprint density at radius 2 is 1.88 bits per heavy atom. The summed E-state index contributed by atoms with van der Waals surface area (Å²) >= 11 is 0. The largest absolute Gasteiger partial charge is 0.307 e. The van der Waals surface area contributed by atoms with Gasteiger partial charge in [0.05, 0.1) is 0 Å². The molecule has 0 aliphatic rings. The van der Waals surface area contributed by atoms with E-state index in [2.05, 4.69) is 55.4 Å². The highest BCUT2D eigenvalue weighted by molar-refractivity contribution is 5.70. The molecule has 0 bridgehead atoms. The highest BCUT2D eigenvalue weighted by atomic mass is 15.0. The maximum Gasteiger partial charge on any atom is 0.137 e. The fraction of sp³-hybridized carbons (Fsp3) is 0.133. The SMILES string of the molecule is Cc1ccc(-c2ccn3ccnc3c2)c(C)c1. The molecule has 0 aliphatic heterocycles. The standard InChI is InChI=1S/C15H14N2/c1-11-3-4-14(12(2)9-11)13-5-7-17-8-6-16-15(17)10-13/h3-10H,1-2H3. The first-order chi connectivity index (χ1) is 8.24. The van der Waals surface area contributed by atoms with Gasteiger partial charge in [-0.25, -0.2) is 4.98 Å². The predicted octanol–water partition coefficient (Wildman–Crippen LogP) is 3.62. The van der Waals surface area contributed by atoms with Gasteiger partial charge in [-0.3, -0.25) is 0 Å². The van der Waals surface area contributed by atoms with Crippen LogP contribution in [0.15, 0.2) is 48.9 Å². The molecular formula is C15H14N2. The lowest BCUT2D eigenvalue weighted by molar-refractivity contribution is 1.19. The molecule has 17 heavy (non-hydrogen) atoms. The van der Waals surface area contributed by atoms with Crippen molar-refractivity contribution >= 4 is 5.65 Å². The van der Waals surface area contributed by atoms with Gasteiger partial charge in [-0.15, -0.1) is 0 Å². The van der Waals surface area contributed by atoms with Crippen LogP contribution in [0, 0.1) is 13.8 Å². The molecule has 3 rings (SSSR count). The van der Waals surface area contributed by atoms with Crippen molar-refractivity contribution in [2.24, 2.45) is 0 Å². The van der Waals surface area contributed by atoms with Crippen molar-refractivity contribution in [1.29, 1.82) is 0 Å². The average molecular weight is 222 g/mol. The van der Waals surface area contributed by atoms with Crippen LogP contribution in [0.1, 0.15) is 11.1 Å². The molecule has 1 aromatic carbocycles. The second kappa shape index (κ2) is 3.74. The Morgan fingerprint density at radius 3 is 2.71 bits per heavy atom. The third kappa shape index (κ3) is 1.72. The lowest BCUT2D eigenvalue weighted by atomic mass is 10.00. The van der Waals surface area contributed by atoms with E-state index in [-0.39, 0.29) is 0 Å². The quantitative estimate of drug-likeness (QED) is 0.614. The van der Waals surface area contributed by atoms with Crippen LogP contribution in [0.5, 0.6) is 0 Å². The number of imidazole rings is 1. The van der Waals surface area contributed by atoms with Crippen molar-refractivity contribution in [3.8, 4) is 11.1 Å². The highest BCUT2D eigenvalue weighted by Gasteiger charge is 2.03. The van der Waals surface area contributed by atoms with E-state index in [0.29, 0.717) is 0 Å². The average Bonchev–Trinajstić information content (AvgIpc) is 2.75. The van der Waals surface area contributed by atoms with Gasteiger partial charge in [0.15, 0.2) is 0 Å². The Labute approximate surface area is 101 Å². The number of benzene rings is 1. The summed E-state index contributed by atoms with van der Waals surface area (Å²) in [5.74, 6) is 0. The van der Waals surface area contributed by atoms with E-state index < -0.39 is 0 Å². The first-order valence-electron chi connectivity index (χ1n) is 5.74. The van der Waals surface area contributed by atoms with Crippen LogP contribution in [0.25, 0.3) is 16.8 Å². The van der Waals surface area contributed by atoms with Gasteiger partial charge in [0, 0.05) is 18.6 Å². The summed E-state index contributed by atoms with van der Waals surface area (Å²) in [5.41, 5.74) is 6.10. The minimum atomic E-state index is 0.988. The molecule has 84 valence electrons. The molecule has 2 aromatic heterocycles. The first kappa shape index (κ1) is 10.1. The third-order valence-electron chi connectivity index (χ3n) is 3.09. The molecule has 2 heteroatoms. The zero-order chi connectivity index (χ0) is 11.8. The molecule has 2 heterocycles. The number of nitrogens with zero attached hydrogens (tertiary/aromatic N) is 2. The molecular weight excluding hydrogens is 208 g/mol. The number of hydrogen-bond donors (Lipinski definition) is 0. The molecule has 0 saturated heterocycles. The molecule has 0 unspecified atom stereocenters. The van der Waals surface area contributed by atoms with Crippen molar-refractivity contribution in [3.63, 3.8) is 0 Å². The van der Waals surface area contributed by atoms with Crippen LogP contribution < -0.4 is 0 Å². The number of rotatable bonds is 1. The van der Waals surface area contributed by atoms with Crippen LogP contribution in [0.3, 0.4) is 0 Å². The van der Waals surface area contributed by atoms with Gasteiger partial charge in [0.1, 0.15) is 5.65 Å². The minimum Gasteiger partial charge on any atom is -0.307 e. The smallest absolute Gasteiger partial charge is 0.137 e. The summed E-state index contributed by atoms with van der Waals surface area (Å²) in [5, 5.41) is 0. The maximum absolute atomic E-state index is 4.32. The molecule has 0 N–H and O–H groups in total. The molecule has 2 nitrogen and oxygen atoms in total. The van der Waals surface area contributed by atoms with Gasteiger partial charge in [-0.2, -0.15) is 0 Å². The highest BCUT2D eigenvalue weighted by Crippen LogP contribution is 2.24. The molecule has 0 atom stereocenters. The van der Waals surface area contributed by atoms with Crippen LogP contribution in [-0.4, -0.2) is 9.38 Å². The van der Waals surface area contributed by atoms with E-state index >= 15 is 0 Å². The van der Waals surface area contributed by atoms with Crippen molar-refractivity contribution in [2.75, 3.05) is 0 Å². The number of pyridine rings is 1. The summed E-state index contributed by atoms with van der Waals surface area (Å²) in [6, 6.07) is 10.8. The predicted molar refractivity (Wildman–Crippen MR) is 70.1 cm³/mol. The van der Waals surface area contributed by atoms with E-state index in [0.717, 1.165) is 5.65 Å². The van der Waals surface area contributed by atoms with Gasteiger partial charge in [0.2, 0.25) is 0 Å². The van der Waals surface area contributed by atoms with Gasteiger partial charge >= 0.3 is 0 Å². The van der Waals surface area contributed by atoms with E-state index in [9.17, 15) is 0 Å². The molecule has 0 saturated carbocycles. The Bertz CT molecular complexity index is 680. The number of fused-ring (bicyclic) bond motifs is 1. The molecule has 0 fully saturated rings. The van der Waals surface area contributed by atoms with Gasteiger partial charge < -0.3 is 4.40 Å². The molecule has 0 amide bonds. The second-order valence-electron chi connectivity index (χ2n) is 4.43. The zero-order valence-electron chi connectivity index (χ0n) is 10.0. The lowest BCUT2D eigenvalue weighted by Gasteiger charge is -2.07. The number of hydrogen-bond acceptors (Lipinski definition) is 1. The summed E-state index contributed by atoms with van der Waals surface area (Å²) in [4.78, 5) is 4.32. The summed E-state index contributed by atoms with van der Waals surface area (Å²) in [6.45, 7) is 4.27. The third-order valence-corrected chi connectivity index (χ3v) is 3.09. The van der Waals surface area contributed by atoms with Crippen molar-refractivity contribution in [1.82, 2.24) is 9.38 Å². The van der Waals surface area contributed by atoms with E-state index in [1.54, 1.807) is 0 Å². The van der Waals surface area contributed by atoms with Gasteiger partial charge in [-0.1, -0.05) is 23.8 Å². The van der Waals surface area contributed by atoms with Gasteiger partial charge in [-0.05, 0) is 42.7 Å². The van der Waals surface area contributed by atoms with Crippen LogP contribution in [-0.2, 0) is 0 Å². The first-order valence-corrected chi connectivity index (χ1v) is 5.74. The summed E-state index contributed by atoms with van der Waals surface area (Å²) < 4.78 is 2.02. The molecule has 0 aliphatic carbocycles. The van der Waals surface area contributed by atoms with Crippen molar-refractivity contribution < 1.29 is 0 Å². The van der Waals surface area contributed by atoms with E-state index in [1.807, 2.05) is 16.8 Å². The summed E-state index contributed by atoms with van der Waals surface area (Å²) in [6.07, 6.45) is 5.83. The van der Waals surface area contributed by atoms with Crippen molar-refractivity contribution in [2.45, 2.75) is 13.8 Å². The fourth-order valence-corrected chi connectivity index (χ4v) is 2.22. The lowest BCUT2D eigenvalue weighted by Crippen LogP contribution is -1.88. The number of aromatic nitrogens is 2. The Hall–Kier alpha value is -2.09. The fourth-order valence-electron chi connectivity index (χ4n) is 2.22. The molecule has 0 spiro atoms. The maximum atomic E-state index is 4.32. The van der Waals surface area contributed by atoms with Crippen LogP contribution in [0.2, 0.25) is 0 Å². The number of aryl methyl sites for hydroxylation is 2. The second-order valence-corrected chi connectivity index (χ2v) is 4.43. The molecule has 0 radical (unpaired) electrons. The normalized spacial score (nSPS) is 10.9. The Kier molecular flexibility index (Phi) is 2.22. The Morgan fingerprint density at radius 1 is 1.00 bits per heavy atom. The Balaban J connectivity index is 2.19. The van der Waals surface area contributed by atoms with E-state index in [4.69, 9.17) is 0 Å². The zero-order valence-corrected chi connectivity index (χ0v) is 10.0.